The summed E-state index contributed by atoms with van der Waals surface area (Å²) in [6.07, 6.45) is -0.315. The molecule has 0 aliphatic heterocycles. The van der Waals surface area contributed by atoms with E-state index in [0.29, 0.717) is 17.5 Å². The molecule has 0 aliphatic rings. The van der Waals surface area contributed by atoms with Crippen LogP contribution in [0.2, 0.25) is 0 Å². The zero-order valence-corrected chi connectivity index (χ0v) is 6.84. The van der Waals surface area contributed by atoms with Gasteiger partial charge in [-0.05, 0) is 12.1 Å². The van der Waals surface area contributed by atoms with Crippen molar-refractivity contribution < 1.29 is 14.3 Å². The molecule has 1 unspecified atom stereocenters. The monoisotopic (exact) mass is 179 g/mol. The molecule has 0 aliphatic carbocycles. The number of anilines is 1. The summed E-state index contributed by atoms with van der Waals surface area (Å²) in [5.74, 6) is 0. The van der Waals surface area contributed by atoms with Crippen LogP contribution in [0.1, 0.15) is 11.7 Å². The Morgan fingerprint density at radius 2 is 2.15 bits per heavy atom. The van der Waals surface area contributed by atoms with Gasteiger partial charge in [-0.2, -0.15) is 0 Å². The fourth-order valence-corrected chi connectivity index (χ4v) is 0.985. The van der Waals surface area contributed by atoms with Crippen molar-refractivity contribution in [1.29, 1.82) is 0 Å². The Hall–Kier alpha value is -1.84. The number of carbonyl (C=O) groups excluding carboxylic acids is 2. The Kier molecular flexibility index (Phi) is 3.03. The van der Waals surface area contributed by atoms with Crippen LogP contribution >= 0.6 is 0 Å². The maximum Gasteiger partial charge on any atom is 0.294 e. The van der Waals surface area contributed by atoms with Crippen molar-refractivity contribution in [2.45, 2.75) is 6.10 Å². The first-order chi connectivity index (χ1) is 6.27. The second-order valence-corrected chi connectivity index (χ2v) is 2.46. The van der Waals surface area contributed by atoms with E-state index in [2.05, 4.69) is 4.74 Å². The first-order valence-corrected chi connectivity index (χ1v) is 3.67. The molecule has 0 bridgehead atoms. The van der Waals surface area contributed by atoms with Gasteiger partial charge in [-0.1, -0.05) is 12.1 Å². The van der Waals surface area contributed by atoms with Crippen LogP contribution in [0, 0.1) is 0 Å². The maximum atomic E-state index is 10.5. The lowest BCUT2D eigenvalue weighted by atomic mass is 10.1. The highest BCUT2D eigenvalue weighted by Gasteiger charge is 2.09. The molecule has 0 saturated heterocycles. The number of benzene rings is 1. The SMILES string of the molecule is Nc1cccc(C(C=O)OC=O)c1. The van der Waals surface area contributed by atoms with Gasteiger partial charge in [-0.25, -0.2) is 0 Å². The van der Waals surface area contributed by atoms with Gasteiger partial charge in [0.25, 0.3) is 6.47 Å². The summed E-state index contributed by atoms with van der Waals surface area (Å²) in [5.41, 5.74) is 6.59. The number of hydrogen-bond donors (Lipinski definition) is 1. The number of rotatable bonds is 4. The van der Waals surface area contributed by atoms with E-state index >= 15 is 0 Å². The third-order valence-electron chi connectivity index (χ3n) is 1.56. The van der Waals surface area contributed by atoms with Gasteiger partial charge in [0, 0.05) is 11.3 Å². The number of ether oxygens (including phenoxy) is 1. The first-order valence-electron chi connectivity index (χ1n) is 3.67. The van der Waals surface area contributed by atoms with Gasteiger partial charge in [0.2, 0.25) is 0 Å². The quantitative estimate of drug-likeness (QED) is 0.545. The Balaban J connectivity index is 2.90. The van der Waals surface area contributed by atoms with Crippen LogP contribution in [-0.4, -0.2) is 12.8 Å². The molecule has 1 aromatic carbocycles. The summed E-state index contributed by atoms with van der Waals surface area (Å²) in [6, 6.07) is 6.63. The minimum absolute atomic E-state index is 0.238. The molecule has 1 rings (SSSR count). The Bertz CT molecular complexity index is 311. The first kappa shape index (κ1) is 9.25. The molecule has 0 fully saturated rings. The van der Waals surface area contributed by atoms with Gasteiger partial charge >= 0.3 is 0 Å². The lowest BCUT2D eigenvalue weighted by Gasteiger charge is -2.08. The summed E-state index contributed by atoms with van der Waals surface area (Å²) < 4.78 is 4.53. The molecule has 1 aromatic rings. The average molecular weight is 179 g/mol. The predicted molar refractivity (Wildman–Crippen MR) is 46.8 cm³/mol. The minimum Gasteiger partial charge on any atom is -0.452 e. The Morgan fingerprint density at radius 1 is 1.38 bits per heavy atom. The molecule has 2 N–H and O–H groups in total. The van der Waals surface area contributed by atoms with E-state index in [0.717, 1.165) is 0 Å². The molecule has 68 valence electrons. The fraction of sp³-hybridized carbons (Fsp3) is 0.111. The zero-order chi connectivity index (χ0) is 9.68. The molecule has 0 amide bonds. The number of nitrogen functional groups attached to an aromatic ring is 1. The molecule has 0 saturated carbocycles. The highest BCUT2D eigenvalue weighted by molar-refractivity contribution is 5.63. The number of hydrogen-bond acceptors (Lipinski definition) is 4. The van der Waals surface area contributed by atoms with E-state index in [4.69, 9.17) is 5.73 Å². The van der Waals surface area contributed by atoms with Crippen LogP contribution in [0.25, 0.3) is 0 Å². The van der Waals surface area contributed by atoms with Gasteiger partial charge in [0.1, 0.15) is 0 Å². The van der Waals surface area contributed by atoms with Crippen molar-refractivity contribution in [1.82, 2.24) is 0 Å². The summed E-state index contributed by atoms with van der Waals surface area (Å²) in [5, 5.41) is 0. The standard InChI is InChI=1S/C9H9NO3/c10-8-3-1-2-7(4-8)9(5-11)13-6-12/h1-6,9H,10H2. The van der Waals surface area contributed by atoms with Crippen LogP contribution in [0.3, 0.4) is 0 Å². The number of aldehydes is 1. The maximum absolute atomic E-state index is 10.5. The van der Waals surface area contributed by atoms with E-state index < -0.39 is 6.10 Å². The van der Waals surface area contributed by atoms with Gasteiger partial charge < -0.3 is 10.5 Å². The van der Waals surface area contributed by atoms with E-state index in [1.54, 1.807) is 24.3 Å². The Morgan fingerprint density at radius 3 is 2.69 bits per heavy atom. The third-order valence-corrected chi connectivity index (χ3v) is 1.56. The van der Waals surface area contributed by atoms with E-state index in [1.807, 2.05) is 0 Å². The minimum atomic E-state index is -0.860. The number of carbonyl (C=O) groups is 2. The molecule has 0 radical (unpaired) electrons. The normalized spacial score (nSPS) is 11.7. The molecule has 0 aromatic heterocycles. The molecule has 13 heavy (non-hydrogen) atoms. The van der Waals surface area contributed by atoms with Gasteiger partial charge in [0.05, 0.1) is 0 Å². The summed E-state index contributed by atoms with van der Waals surface area (Å²) in [6.45, 7) is 0.238. The Labute approximate surface area is 75.3 Å². The number of nitrogens with two attached hydrogens (primary N) is 1. The highest BCUT2D eigenvalue weighted by atomic mass is 16.5. The van der Waals surface area contributed by atoms with Gasteiger partial charge in [0.15, 0.2) is 12.4 Å². The predicted octanol–water partition coefficient (Wildman–Crippen LogP) is 0.682. The molecular weight excluding hydrogens is 170 g/mol. The average Bonchev–Trinajstić information content (AvgIpc) is 2.14. The van der Waals surface area contributed by atoms with Crippen molar-refractivity contribution in [3.05, 3.63) is 29.8 Å². The summed E-state index contributed by atoms with van der Waals surface area (Å²) in [4.78, 5) is 20.5. The molecule has 0 spiro atoms. The topological polar surface area (TPSA) is 69.4 Å². The van der Waals surface area contributed by atoms with Gasteiger partial charge in [-0.3, -0.25) is 9.59 Å². The second kappa shape index (κ2) is 4.25. The van der Waals surface area contributed by atoms with Crippen LogP contribution < -0.4 is 5.73 Å². The van der Waals surface area contributed by atoms with Crippen molar-refractivity contribution in [2.24, 2.45) is 0 Å². The zero-order valence-electron chi connectivity index (χ0n) is 6.84. The van der Waals surface area contributed by atoms with Crippen molar-refractivity contribution in [3.63, 3.8) is 0 Å². The van der Waals surface area contributed by atoms with Crippen molar-refractivity contribution in [3.8, 4) is 0 Å². The van der Waals surface area contributed by atoms with Gasteiger partial charge in [-0.15, -0.1) is 0 Å². The lowest BCUT2D eigenvalue weighted by Crippen LogP contribution is -2.04. The molecule has 4 heteroatoms. The summed E-state index contributed by atoms with van der Waals surface area (Å²) >= 11 is 0. The smallest absolute Gasteiger partial charge is 0.294 e. The van der Waals surface area contributed by atoms with E-state index in [9.17, 15) is 9.59 Å². The molecule has 4 nitrogen and oxygen atoms in total. The van der Waals surface area contributed by atoms with Crippen LogP contribution in [-0.2, 0) is 14.3 Å². The molecule has 0 heterocycles. The lowest BCUT2D eigenvalue weighted by molar-refractivity contribution is -0.139. The third kappa shape index (κ3) is 2.30. The largest absolute Gasteiger partial charge is 0.452 e. The van der Waals surface area contributed by atoms with Crippen LogP contribution in [0.5, 0.6) is 0 Å². The highest BCUT2D eigenvalue weighted by Crippen LogP contribution is 2.16. The molecule has 1 atom stereocenters. The van der Waals surface area contributed by atoms with E-state index in [-0.39, 0.29) is 6.47 Å². The molecular formula is C9H9NO3. The van der Waals surface area contributed by atoms with Crippen molar-refractivity contribution in [2.75, 3.05) is 5.73 Å². The fourth-order valence-electron chi connectivity index (χ4n) is 0.985. The summed E-state index contributed by atoms with van der Waals surface area (Å²) in [7, 11) is 0. The van der Waals surface area contributed by atoms with Crippen molar-refractivity contribution >= 4 is 18.4 Å². The van der Waals surface area contributed by atoms with Crippen LogP contribution in [0.15, 0.2) is 24.3 Å². The second-order valence-electron chi connectivity index (χ2n) is 2.46. The van der Waals surface area contributed by atoms with E-state index in [1.165, 1.54) is 0 Å². The van der Waals surface area contributed by atoms with Crippen LogP contribution in [0.4, 0.5) is 5.69 Å².